The molecule has 0 amide bonds. The third-order valence-corrected chi connectivity index (χ3v) is 3.69. The van der Waals surface area contributed by atoms with Crippen LogP contribution in [-0.4, -0.2) is 58.0 Å². The van der Waals surface area contributed by atoms with Gasteiger partial charge in [-0.05, 0) is 38.5 Å². The number of carbonyl (C=O) groups is 1. The fraction of sp³-hybridized carbons (Fsp3) is 0.611. The highest BCUT2D eigenvalue weighted by atomic mass is 16.7. The Labute approximate surface area is 152 Å². The van der Waals surface area contributed by atoms with Gasteiger partial charge in [0.05, 0.1) is 12.3 Å². The standard InChI is InChI=1S/C18H27NO7/c1-10(20)24-8-11-5-6-14(12(7-11)19-18(2,3)4)26-17-16(23)15(22)13(21)9-25-17/h5-7,13,15-17,19,21-23H,8-9H2,1-4H3. The van der Waals surface area contributed by atoms with Crippen molar-refractivity contribution in [2.45, 2.75) is 64.4 Å². The summed E-state index contributed by atoms with van der Waals surface area (Å²) in [6.45, 7) is 7.25. The van der Waals surface area contributed by atoms with Crippen molar-refractivity contribution >= 4 is 11.7 Å². The van der Waals surface area contributed by atoms with Gasteiger partial charge in [0.2, 0.25) is 6.29 Å². The normalized spacial score (nSPS) is 26.3. The van der Waals surface area contributed by atoms with Gasteiger partial charge in [-0.1, -0.05) is 6.07 Å². The molecule has 1 aliphatic heterocycles. The minimum absolute atomic E-state index is 0.127. The molecular weight excluding hydrogens is 342 g/mol. The van der Waals surface area contributed by atoms with Crippen molar-refractivity contribution in [3.05, 3.63) is 23.8 Å². The molecule has 4 atom stereocenters. The summed E-state index contributed by atoms with van der Waals surface area (Å²) in [6.07, 6.45) is -5.02. The van der Waals surface area contributed by atoms with Crippen LogP contribution in [0.1, 0.15) is 33.3 Å². The van der Waals surface area contributed by atoms with Gasteiger partial charge < -0.3 is 34.8 Å². The number of hydrogen-bond donors (Lipinski definition) is 4. The predicted molar refractivity (Wildman–Crippen MR) is 93.7 cm³/mol. The summed E-state index contributed by atoms with van der Waals surface area (Å²) in [7, 11) is 0. The largest absolute Gasteiger partial charge is 0.461 e. The highest BCUT2D eigenvalue weighted by molar-refractivity contribution is 5.66. The number of benzene rings is 1. The van der Waals surface area contributed by atoms with E-state index >= 15 is 0 Å². The van der Waals surface area contributed by atoms with E-state index in [9.17, 15) is 20.1 Å². The topological polar surface area (TPSA) is 117 Å². The van der Waals surface area contributed by atoms with Gasteiger partial charge in [0.25, 0.3) is 0 Å². The molecule has 8 heteroatoms. The van der Waals surface area contributed by atoms with Gasteiger partial charge in [-0.3, -0.25) is 4.79 Å². The van der Waals surface area contributed by atoms with Gasteiger partial charge in [0, 0.05) is 12.5 Å². The Morgan fingerprint density at radius 2 is 1.96 bits per heavy atom. The van der Waals surface area contributed by atoms with Crippen LogP contribution in [0.15, 0.2) is 18.2 Å². The number of nitrogens with one attached hydrogen (secondary N) is 1. The van der Waals surface area contributed by atoms with E-state index in [2.05, 4.69) is 5.32 Å². The molecule has 2 rings (SSSR count). The lowest BCUT2D eigenvalue weighted by Crippen LogP contribution is -2.54. The van der Waals surface area contributed by atoms with Crippen LogP contribution < -0.4 is 10.1 Å². The lowest BCUT2D eigenvalue weighted by molar-refractivity contribution is -0.241. The molecule has 0 aliphatic carbocycles. The molecule has 4 unspecified atom stereocenters. The zero-order valence-corrected chi connectivity index (χ0v) is 15.4. The van der Waals surface area contributed by atoms with Crippen molar-refractivity contribution in [1.29, 1.82) is 0 Å². The molecule has 1 aromatic rings. The van der Waals surface area contributed by atoms with Crippen molar-refractivity contribution < 1.29 is 34.3 Å². The Balaban J connectivity index is 2.21. The first-order chi connectivity index (χ1) is 12.1. The molecule has 4 N–H and O–H groups in total. The highest BCUT2D eigenvalue weighted by Crippen LogP contribution is 2.31. The van der Waals surface area contributed by atoms with Crippen LogP contribution in [0, 0.1) is 0 Å². The van der Waals surface area contributed by atoms with E-state index in [0.717, 1.165) is 5.56 Å². The quantitative estimate of drug-likeness (QED) is 0.563. The molecule has 0 bridgehead atoms. The zero-order valence-electron chi connectivity index (χ0n) is 15.4. The van der Waals surface area contributed by atoms with Crippen molar-refractivity contribution in [3.8, 4) is 5.75 Å². The van der Waals surface area contributed by atoms with E-state index in [-0.39, 0.29) is 24.7 Å². The molecule has 1 aromatic carbocycles. The van der Waals surface area contributed by atoms with Crippen LogP contribution in [0.4, 0.5) is 5.69 Å². The maximum Gasteiger partial charge on any atom is 0.302 e. The molecule has 8 nitrogen and oxygen atoms in total. The summed E-state index contributed by atoms with van der Waals surface area (Å²) in [5.41, 5.74) is 1.11. The fourth-order valence-electron chi connectivity index (χ4n) is 2.46. The number of esters is 1. The average Bonchev–Trinajstić information content (AvgIpc) is 2.53. The van der Waals surface area contributed by atoms with Gasteiger partial charge in [-0.2, -0.15) is 0 Å². The number of anilines is 1. The third kappa shape index (κ3) is 5.57. The smallest absolute Gasteiger partial charge is 0.302 e. The van der Waals surface area contributed by atoms with Crippen molar-refractivity contribution in [3.63, 3.8) is 0 Å². The molecule has 0 aromatic heterocycles. The minimum atomic E-state index is -1.39. The van der Waals surface area contributed by atoms with E-state index in [4.69, 9.17) is 14.2 Å². The maximum atomic E-state index is 11.0. The SMILES string of the molecule is CC(=O)OCc1ccc(OC2OCC(O)C(O)C2O)c(NC(C)(C)C)c1. The molecular formula is C18H27NO7. The number of ether oxygens (including phenoxy) is 3. The summed E-state index contributed by atoms with van der Waals surface area (Å²) < 4.78 is 16.0. The van der Waals surface area contributed by atoms with Crippen LogP contribution in [0.3, 0.4) is 0 Å². The monoisotopic (exact) mass is 369 g/mol. The van der Waals surface area contributed by atoms with Crippen molar-refractivity contribution in [2.75, 3.05) is 11.9 Å². The van der Waals surface area contributed by atoms with E-state index in [1.54, 1.807) is 18.2 Å². The summed E-state index contributed by atoms with van der Waals surface area (Å²) in [5.74, 6) is 0.0288. The number of hydrogen-bond acceptors (Lipinski definition) is 8. The van der Waals surface area contributed by atoms with Crippen LogP contribution in [0.5, 0.6) is 5.75 Å². The van der Waals surface area contributed by atoms with E-state index < -0.39 is 24.6 Å². The summed E-state index contributed by atoms with van der Waals surface area (Å²) in [6, 6.07) is 5.18. The van der Waals surface area contributed by atoms with E-state index in [0.29, 0.717) is 11.4 Å². The van der Waals surface area contributed by atoms with Gasteiger partial charge >= 0.3 is 5.97 Å². The van der Waals surface area contributed by atoms with Crippen LogP contribution in [0.2, 0.25) is 0 Å². The van der Waals surface area contributed by atoms with Gasteiger partial charge in [0.15, 0.2) is 0 Å². The third-order valence-electron chi connectivity index (χ3n) is 3.69. The Kier molecular flexibility index (Phi) is 6.46. The van der Waals surface area contributed by atoms with E-state index in [1.165, 1.54) is 6.92 Å². The summed E-state index contributed by atoms with van der Waals surface area (Å²) in [5, 5.41) is 32.7. The Bertz CT molecular complexity index is 628. The summed E-state index contributed by atoms with van der Waals surface area (Å²) in [4.78, 5) is 11.0. The molecule has 0 radical (unpaired) electrons. The zero-order chi connectivity index (χ0) is 19.5. The van der Waals surface area contributed by atoms with Gasteiger partial charge in [-0.25, -0.2) is 0 Å². The summed E-state index contributed by atoms with van der Waals surface area (Å²) >= 11 is 0. The van der Waals surface area contributed by atoms with Crippen molar-refractivity contribution in [1.82, 2.24) is 0 Å². The Hall–Kier alpha value is -1.87. The predicted octanol–water partition coefficient (Wildman–Crippen LogP) is 0.778. The molecule has 26 heavy (non-hydrogen) atoms. The molecule has 1 aliphatic rings. The number of rotatable bonds is 5. The van der Waals surface area contributed by atoms with Crippen LogP contribution in [-0.2, 0) is 20.9 Å². The second-order valence-corrected chi connectivity index (χ2v) is 7.35. The van der Waals surface area contributed by atoms with Gasteiger partial charge in [-0.15, -0.1) is 0 Å². The highest BCUT2D eigenvalue weighted by Gasteiger charge is 2.39. The van der Waals surface area contributed by atoms with Crippen LogP contribution >= 0.6 is 0 Å². The molecule has 1 heterocycles. The van der Waals surface area contributed by atoms with Crippen molar-refractivity contribution in [2.24, 2.45) is 0 Å². The second-order valence-electron chi connectivity index (χ2n) is 7.35. The first-order valence-electron chi connectivity index (χ1n) is 8.44. The number of aliphatic hydroxyl groups is 3. The first-order valence-corrected chi connectivity index (χ1v) is 8.44. The Morgan fingerprint density at radius 1 is 1.27 bits per heavy atom. The lowest BCUT2D eigenvalue weighted by atomic mass is 10.1. The lowest BCUT2D eigenvalue weighted by Gasteiger charge is -2.35. The minimum Gasteiger partial charge on any atom is -0.461 e. The second kappa shape index (κ2) is 8.22. The van der Waals surface area contributed by atoms with E-state index in [1.807, 2.05) is 20.8 Å². The average molecular weight is 369 g/mol. The number of aliphatic hydroxyl groups excluding tert-OH is 3. The molecule has 1 fully saturated rings. The van der Waals surface area contributed by atoms with Gasteiger partial charge in [0.1, 0.15) is 30.7 Å². The molecule has 1 saturated heterocycles. The fourth-order valence-corrected chi connectivity index (χ4v) is 2.46. The molecule has 146 valence electrons. The molecule has 0 spiro atoms. The Morgan fingerprint density at radius 3 is 2.58 bits per heavy atom. The molecule has 0 saturated carbocycles. The first kappa shape index (κ1) is 20.4. The number of carbonyl (C=O) groups excluding carboxylic acids is 1. The van der Waals surface area contributed by atoms with Crippen LogP contribution in [0.25, 0.3) is 0 Å². The maximum absolute atomic E-state index is 11.0.